The van der Waals surface area contributed by atoms with E-state index in [4.69, 9.17) is 9.84 Å². The van der Waals surface area contributed by atoms with Gasteiger partial charge in [-0.25, -0.2) is 0 Å². The molecule has 0 spiro atoms. The Hall–Kier alpha value is -2.58. The molecular weight excluding hydrogens is 308 g/mol. The van der Waals surface area contributed by atoms with E-state index in [0.29, 0.717) is 6.61 Å². The molecule has 1 N–H and O–H groups in total. The van der Waals surface area contributed by atoms with Crippen molar-refractivity contribution < 1.29 is 9.84 Å². The maximum atomic E-state index is 9.03. The molecule has 0 amide bonds. The summed E-state index contributed by atoms with van der Waals surface area (Å²) < 4.78 is 5.72. The number of ether oxygens (including phenoxy) is 1. The van der Waals surface area contributed by atoms with Gasteiger partial charge in [-0.15, -0.1) is 0 Å². The molecule has 0 unspecified atom stereocenters. The van der Waals surface area contributed by atoms with Gasteiger partial charge in [-0.1, -0.05) is 60.7 Å². The average molecular weight is 330 g/mol. The summed E-state index contributed by atoms with van der Waals surface area (Å²) in [6.45, 7) is 4.52. The summed E-state index contributed by atoms with van der Waals surface area (Å²) in [5, 5.41) is 9.03. The van der Waals surface area contributed by atoms with Crippen molar-refractivity contribution in [2.45, 2.75) is 19.8 Å². The molecule has 3 aromatic rings. The molecule has 126 valence electrons. The number of fused-ring (bicyclic) bond motifs is 3. The van der Waals surface area contributed by atoms with Crippen LogP contribution in [0.1, 0.15) is 33.7 Å². The Morgan fingerprint density at radius 1 is 0.840 bits per heavy atom. The van der Waals surface area contributed by atoms with Crippen molar-refractivity contribution in [3.8, 4) is 16.9 Å². The molecule has 0 saturated heterocycles. The zero-order valence-corrected chi connectivity index (χ0v) is 14.6. The van der Waals surface area contributed by atoms with Gasteiger partial charge in [-0.05, 0) is 52.8 Å². The molecule has 0 aromatic heterocycles. The first-order chi connectivity index (χ1) is 12.2. The fraction of sp³-hybridized carbons (Fsp3) is 0.217. The van der Waals surface area contributed by atoms with Gasteiger partial charge in [0.15, 0.2) is 0 Å². The van der Waals surface area contributed by atoms with E-state index in [1.54, 1.807) is 0 Å². The highest BCUT2D eigenvalue weighted by Gasteiger charge is 2.29. The van der Waals surface area contributed by atoms with Gasteiger partial charge >= 0.3 is 0 Å². The lowest BCUT2D eigenvalue weighted by Gasteiger charge is -2.19. The minimum absolute atomic E-state index is 0.0318. The third-order valence-electron chi connectivity index (χ3n) is 4.99. The lowest BCUT2D eigenvalue weighted by Crippen LogP contribution is -2.06. The van der Waals surface area contributed by atoms with Gasteiger partial charge in [0.1, 0.15) is 12.4 Å². The van der Waals surface area contributed by atoms with Crippen molar-refractivity contribution in [3.63, 3.8) is 0 Å². The normalized spacial score (nSPS) is 12.8. The van der Waals surface area contributed by atoms with Gasteiger partial charge in [0, 0.05) is 5.92 Å². The van der Waals surface area contributed by atoms with Gasteiger partial charge in [0.25, 0.3) is 0 Å². The summed E-state index contributed by atoms with van der Waals surface area (Å²) in [6.07, 6.45) is 0. The number of benzene rings is 3. The third kappa shape index (κ3) is 2.63. The van der Waals surface area contributed by atoms with Gasteiger partial charge in [0.2, 0.25) is 0 Å². The number of aliphatic hydroxyl groups excluding tert-OH is 1. The summed E-state index contributed by atoms with van der Waals surface area (Å²) in [5.41, 5.74) is 8.93. The lowest BCUT2D eigenvalue weighted by molar-refractivity contribution is 0.200. The van der Waals surface area contributed by atoms with Crippen LogP contribution in [0.4, 0.5) is 0 Å². The minimum atomic E-state index is 0.0318. The van der Waals surface area contributed by atoms with Crippen LogP contribution in [0.2, 0.25) is 0 Å². The minimum Gasteiger partial charge on any atom is -0.491 e. The molecule has 1 aliphatic rings. The number of rotatable bonds is 4. The second-order valence-electron chi connectivity index (χ2n) is 6.66. The Morgan fingerprint density at radius 3 is 1.88 bits per heavy atom. The van der Waals surface area contributed by atoms with E-state index in [1.807, 2.05) is 0 Å². The highest BCUT2D eigenvalue weighted by Crippen LogP contribution is 2.48. The number of aryl methyl sites for hydroxylation is 2. The van der Waals surface area contributed by atoms with Crippen LogP contribution in [0.15, 0.2) is 60.7 Å². The molecule has 0 fully saturated rings. The Labute approximate surface area is 148 Å². The molecular formula is C23H22O2. The zero-order chi connectivity index (χ0) is 17.4. The Balaban J connectivity index is 1.85. The largest absolute Gasteiger partial charge is 0.491 e. The third-order valence-corrected chi connectivity index (χ3v) is 4.99. The van der Waals surface area contributed by atoms with Crippen LogP contribution in [0, 0.1) is 13.8 Å². The molecule has 4 rings (SSSR count). The van der Waals surface area contributed by atoms with Crippen LogP contribution >= 0.6 is 0 Å². The number of aliphatic hydroxyl groups is 1. The van der Waals surface area contributed by atoms with Gasteiger partial charge in [-0.3, -0.25) is 0 Å². The summed E-state index contributed by atoms with van der Waals surface area (Å²) in [4.78, 5) is 0. The molecule has 3 aromatic carbocycles. The second-order valence-corrected chi connectivity index (χ2v) is 6.66. The summed E-state index contributed by atoms with van der Waals surface area (Å²) >= 11 is 0. The fourth-order valence-electron chi connectivity index (χ4n) is 4.04. The van der Waals surface area contributed by atoms with Crippen LogP contribution in [0.25, 0.3) is 11.1 Å². The van der Waals surface area contributed by atoms with Gasteiger partial charge in [0.05, 0.1) is 6.61 Å². The standard InChI is InChI=1S/C23H22O2/c1-15-13-17(14-16(2)23(15)25-12-11-24)22-20-9-5-3-7-18(20)19-8-4-6-10-21(19)22/h3-10,13-14,22,24H,11-12H2,1-2H3. The first-order valence-electron chi connectivity index (χ1n) is 8.73. The van der Waals surface area contributed by atoms with E-state index in [9.17, 15) is 0 Å². The van der Waals surface area contributed by atoms with Crippen LogP contribution in [0.5, 0.6) is 5.75 Å². The Bertz CT molecular complexity index is 858. The van der Waals surface area contributed by atoms with E-state index in [-0.39, 0.29) is 12.5 Å². The van der Waals surface area contributed by atoms with Crippen LogP contribution in [-0.2, 0) is 0 Å². The lowest BCUT2D eigenvalue weighted by atomic mass is 9.87. The predicted octanol–water partition coefficient (Wildman–Crippen LogP) is 4.84. The molecule has 0 bridgehead atoms. The van der Waals surface area contributed by atoms with E-state index in [2.05, 4.69) is 74.5 Å². The highest BCUT2D eigenvalue weighted by molar-refractivity contribution is 5.80. The van der Waals surface area contributed by atoms with Crippen molar-refractivity contribution in [2.24, 2.45) is 0 Å². The van der Waals surface area contributed by atoms with E-state index >= 15 is 0 Å². The molecule has 2 heteroatoms. The first-order valence-corrected chi connectivity index (χ1v) is 8.73. The molecule has 0 saturated carbocycles. The molecule has 2 nitrogen and oxygen atoms in total. The first kappa shape index (κ1) is 15.9. The highest BCUT2D eigenvalue weighted by atomic mass is 16.5. The Morgan fingerprint density at radius 2 is 1.36 bits per heavy atom. The van der Waals surface area contributed by atoms with Gasteiger partial charge < -0.3 is 9.84 Å². The zero-order valence-electron chi connectivity index (χ0n) is 14.6. The van der Waals surface area contributed by atoms with Crippen molar-refractivity contribution >= 4 is 0 Å². The van der Waals surface area contributed by atoms with Crippen LogP contribution < -0.4 is 4.74 Å². The molecule has 0 aliphatic heterocycles. The van der Waals surface area contributed by atoms with E-state index in [1.165, 1.54) is 27.8 Å². The topological polar surface area (TPSA) is 29.5 Å². The number of hydrogen-bond acceptors (Lipinski definition) is 2. The van der Waals surface area contributed by atoms with Crippen molar-refractivity contribution in [1.29, 1.82) is 0 Å². The van der Waals surface area contributed by atoms with Crippen molar-refractivity contribution in [1.82, 2.24) is 0 Å². The molecule has 0 radical (unpaired) electrons. The summed E-state index contributed by atoms with van der Waals surface area (Å²) in [6, 6.07) is 21.8. The number of hydrogen-bond donors (Lipinski definition) is 1. The SMILES string of the molecule is Cc1cc(C2c3ccccc3-c3ccccc32)cc(C)c1OCCO. The van der Waals surface area contributed by atoms with Gasteiger partial charge in [-0.2, -0.15) is 0 Å². The predicted molar refractivity (Wildman–Crippen MR) is 101 cm³/mol. The van der Waals surface area contributed by atoms with Crippen molar-refractivity contribution in [3.05, 3.63) is 88.5 Å². The maximum Gasteiger partial charge on any atom is 0.125 e. The van der Waals surface area contributed by atoms with Crippen LogP contribution in [0.3, 0.4) is 0 Å². The Kier molecular flexibility index (Phi) is 4.06. The van der Waals surface area contributed by atoms with Crippen LogP contribution in [-0.4, -0.2) is 18.3 Å². The quantitative estimate of drug-likeness (QED) is 0.580. The molecule has 1 aliphatic carbocycles. The maximum absolute atomic E-state index is 9.03. The smallest absolute Gasteiger partial charge is 0.125 e. The fourth-order valence-corrected chi connectivity index (χ4v) is 4.04. The molecule has 25 heavy (non-hydrogen) atoms. The summed E-state index contributed by atoms with van der Waals surface area (Å²) in [7, 11) is 0. The van der Waals surface area contributed by atoms with E-state index < -0.39 is 0 Å². The monoisotopic (exact) mass is 330 g/mol. The molecule has 0 heterocycles. The van der Waals surface area contributed by atoms with Crippen molar-refractivity contribution in [2.75, 3.05) is 13.2 Å². The average Bonchev–Trinajstić information content (AvgIpc) is 2.95. The molecule has 0 atom stereocenters. The summed E-state index contributed by atoms with van der Waals surface area (Å²) in [5.74, 6) is 1.15. The van der Waals surface area contributed by atoms with E-state index in [0.717, 1.165) is 16.9 Å². The second kappa shape index (κ2) is 6.38.